The monoisotopic (exact) mass is 777 g/mol. The molecular formula is C42H44ClN7O6. The van der Waals surface area contributed by atoms with Gasteiger partial charge in [0.05, 0.1) is 23.3 Å². The fraction of sp³-hybridized carbons (Fsp3) is 0.452. The molecule has 5 amide bonds. The largest absolute Gasteiger partial charge is 0.474 e. The third kappa shape index (κ3) is 7.60. The Hall–Kier alpha value is -5.32. The summed E-state index contributed by atoms with van der Waals surface area (Å²) in [6.45, 7) is 9.51. The van der Waals surface area contributed by atoms with Crippen molar-refractivity contribution in [1.82, 2.24) is 25.4 Å². The van der Waals surface area contributed by atoms with Crippen molar-refractivity contribution >= 4 is 52.5 Å². The lowest BCUT2D eigenvalue weighted by molar-refractivity contribution is -0.136. The van der Waals surface area contributed by atoms with E-state index in [1.807, 2.05) is 31.3 Å². The Bertz CT molecular complexity index is 2080. The minimum absolute atomic E-state index is 0.0523. The number of halogens is 1. The van der Waals surface area contributed by atoms with Crippen LogP contribution in [0, 0.1) is 12.5 Å². The minimum atomic E-state index is -0.966. The number of nitrogens with one attached hydrogen (secondary N) is 2. The number of aromatic nitrogens is 1. The van der Waals surface area contributed by atoms with Crippen LogP contribution in [0.3, 0.4) is 0 Å². The number of amides is 5. The standard InChI is InChI=1S/C42H44ClN7O6/c1-44-35-13-10-30(19-34(35)43)48(2)29-8-6-28(7-9-29)46-39(52)25-5-16-38(45-20-25)56-31-11-3-24(4-12-31)21-49-22-26-17-32-33(18-27(26)23-49)42(55)50(41(32)54)36-14-15-37(51)47-40(36)53/h5,10,13,16-20,24,28-29,31,36H,3-4,6-9,11-12,14-15,21-23H2,2H3,(H,46,52)(H,47,51,53). The predicted octanol–water partition coefficient (Wildman–Crippen LogP) is 5.82. The van der Waals surface area contributed by atoms with E-state index in [9.17, 15) is 24.0 Å². The average Bonchev–Trinajstić information content (AvgIpc) is 3.70. The number of anilines is 1. The molecule has 14 heteroatoms. The second-order valence-corrected chi connectivity index (χ2v) is 16.2. The van der Waals surface area contributed by atoms with Gasteiger partial charge in [-0.05, 0) is 105 Å². The first-order chi connectivity index (χ1) is 27.0. The topological polar surface area (TPSA) is 146 Å². The van der Waals surface area contributed by atoms with Crippen LogP contribution < -0.4 is 20.3 Å². The summed E-state index contributed by atoms with van der Waals surface area (Å²) in [6.07, 6.45) is 9.29. The van der Waals surface area contributed by atoms with Gasteiger partial charge in [0.15, 0.2) is 0 Å². The number of carbonyl (C=O) groups is 5. The van der Waals surface area contributed by atoms with Crippen molar-refractivity contribution in [2.45, 2.75) is 102 Å². The molecule has 2 saturated carbocycles. The van der Waals surface area contributed by atoms with E-state index >= 15 is 0 Å². The van der Waals surface area contributed by atoms with Gasteiger partial charge in [0.25, 0.3) is 17.7 Å². The summed E-state index contributed by atoms with van der Waals surface area (Å²) in [5.41, 5.74) is 4.65. The number of rotatable bonds is 9. The van der Waals surface area contributed by atoms with Gasteiger partial charge < -0.3 is 15.0 Å². The zero-order valence-electron chi connectivity index (χ0n) is 31.3. The average molecular weight is 778 g/mol. The minimum Gasteiger partial charge on any atom is -0.474 e. The van der Waals surface area contributed by atoms with E-state index in [1.54, 1.807) is 24.4 Å². The normalized spacial score (nSPS) is 24.9. The van der Waals surface area contributed by atoms with Crippen LogP contribution in [-0.4, -0.2) is 82.1 Å². The molecule has 2 N–H and O–H groups in total. The van der Waals surface area contributed by atoms with Crippen molar-refractivity contribution in [2.75, 3.05) is 18.5 Å². The molecule has 0 radical (unpaired) electrons. The zero-order valence-corrected chi connectivity index (χ0v) is 32.0. The number of hydrogen-bond donors (Lipinski definition) is 2. The van der Waals surface area contributed by atoms with Crippen molar-refractivity contribution < 1.29 is 28.7 Å². The highest BCUT2D eigenvalue weighted by Crippen LogP contribution is 2.36. The molecule has 2 aliphatic carbocycles. The SMILES string of the molecule is [C-]#[N+]c1ccc(N(C)C2CCC(NC(=O)c3ccc(OC4CCC(CN5Cc6cc7c(cc6C5)C(=O)N(C5CCC(=O)NC5=O)C7=O)CC4)nc3)CC2)cc1Cl. The molecule has 56 heavy (non-hydrogen) atoms. The van der Waals surface area contributed by atoms with E-state index < -0.39 is 29.7 Å². The molecular weight excluding hydrogens is 734 g/mol. The number of carbonyl (C=O) groups excluding carboxylic acids is 5. The Labute approximate surface area is 330 Å². The Balaban J connectivity index is 0.763. The number of nitrogens with zero attached hydrogens (tertiary/aromatic N) is 5. The highest BCUT2D eigenvalue weighted by atomic mass is 35.5. The van der Waals surface area contributed by atoms with Crippen molar-refractivity contribution in [3.63, 3.8) is 0 Å². The molecule has 3 aromatic rings. The maximum atomic E-state index is 13.3. The summed E-state index contributed by atoms with van der Waals surface area (Å²) in [5.74, 6) is -1.07. The first-order valence-corrected chi connectivity index (χ1v) is 19.9. The molecule has 5 aliphatic rings. The Kier molecular flexibility index (Phi) is 10.5. The van der Waals surface area contributed by atoms with Gasteiger partial charge in [-0.25, -0.2) is 9.83 Å². The van der Waals surface area contributed by atoms with Crippen LogP contribution in [-0.2, 0) is 22.7 Å². The van der Waals surface area contributed by atoms with Gasteiger partial charge in [0, 0.05) is 68.2 Å². The molecule has 1 aromatic heterocycles. The van der Waals surface area contributed by atoms with Crippen LogP contribution in [0.4, 0.5) is 11.4 Å². The third-order valence-corrected chi connectivity index (χ3v) is 12.5. The van der Waals surface area contributed by atoms with E-state index in [-0.39, 0.29) is 30.9 Å². The van der Waals surface area contributed by atoms with Crippen LogP contribution in [0.5, 0.6) is 5.88 Å². The van der Waals surface area contributed by atoms with Gasteiger partial charge >= 0.3 is 0 Å². The molecule has 1 saturated heterocycles. The van der Waals surface area contributed by atoms with E-state index in [0.29, 0.717) is 58.3 Å². The lowest BCUT2D eigenvalue weighted by Crippen LogP contribution is -2.54. The maximum Gasteiger partial charge on any atom is 0.262 e. The number of ether oxygens (including phenoxy) is 1. The quantitative estimate of drug-likeness (QED) is 0.203. The molecule has 3 fully saturated rings. The fourth-order valence-corrected chi connectivity index (χ4v) is 9.23. The number of benzene rings is 2. The van der Waals surface area contributed by atoms with E-state index in [0.717, 1.165) is 79.6 Å². The Morgan fingerprint density at radius 1 is 0.946 bits per heavy atom. The fourth-order valence-electron chi connectivity index (χ4n) is 9.01. The molecule has 0 spiro atoms. The molecule has 290 valence electrons. The molecule has 4 heterocycles. The lowest BCUT2D eigenvalue weighted by atomic mass is 9.87. The van der Waals surface area contributed by atoms with Gasteiger partial charge in [-0.2, -0.15) is 0 Å². The molecule has 2 aromatic carbocycles. The molecule has 1 unspecified atom stereocenters. The highest BCUT2D eigenvalue weighted by Gasteiger charge is 2.45. The number of imide groups is 2. The number of piperidine rings is 1. The number of pyridine rings is 1. The molecule has 8 rings (SSSR count). The first kappa shape index (κ1) is 37.6. The smallest absolute Gasteiger partial charge is 0.262 e. The molecule has 0 bridgehead atoms. The third-order valence-electron chi connectivity index (χ3n) is 12.2. The van der Waals surface area contributed by atoms with E-state index in [4.69, 9.17) is 22.9 Å². The van der Waals surface area contributed by atoms with Gasteiger partial charge in [-0.15, -0.1) is 0 Å². The van der Waals surface area contributed by atoms with Gasteiger partial charge in [-0.3, -0.25) is 39.1 Å². The molecule has 13 nitrogen and oxygen atoms in total. The zero-order chi connectivity index (χ0) is 39.1. The summed E-state index contributed by atoms with van der Waals surface area (Å²) < 4.78 is 6.24. The van der Waals surface area contributed by atoms with Crippen molar-refractivity contribution in [3.05, 3.63) is 92.9 Å². The van der Waals surface area contributed by atoms with Crippen LogP contribution in [0.2, 0.25) is 5.02 Å². The van der Waals surface area contributed by atoms with Crippen molar-refractivity contribution in [3.8, 4) is 5.88 Å². The second-order valence-electron chi connectivity index (χ2n) is 15.8. The Morgan fingerprint density at radius 3 is 2.25 bits per heavy atom. The summed E-state index contributed by atoms with van der Waals surface area (Å²) in [6, 6.07) is 12.2. The summed E-state index contributed by atoms with van der Waals surface area (Å²) >= 11 is 6.26. The maximum absolute atomic E-state index is 13.3. The van der Waals surface area contributed by atoms with E-state index in [2.05, 4.69) is 30.3 Å². The van der Waals surface area contributed by atoms with Crippen LogP contribution >= 0.6 is 11.6 Å². The molecule has 1 atom stereocenters. The first-order valence-electron chi connectivity index (χ1n) is 19.5. The second kappa shape index (κ2) is 15.7. The Morgan fingerprint density at radius 2 is 1.64 bits per heavy atom. The molecule has 3 aliphatic heterocycles. The van der Waals surface area contributed by atoms with E-state index in [1.165, 1.54) is 0 Å². The summed E-state index contributed by atoms with van der Waals surface area (Å²) in [4.78, 5) is 77.1. The summed E-state index contributed by atoms with van der Waals surface area (Å²) in [7, 11) is 2.05. The number of hydrogen-bond acceptors (Lipinski definition) is 9. The van der Waals surface area contributed by atoms with Gasteiger partial charge in [-0.1, -0.05) is 17.7 Å². The van der Waals surface area contributed by atoms with Gasteiger partial charge in [0.2, 0.25) is 23.4 Å². The van der Waals surface area contributed by atoms with Crippen molar-refractivity contribution in [1.29, 1.82) is 0 Å². The lowest BCUT2D eigenvalue weighted by Gasteiger charge is -2.36. The van der Waals surface area contributed by atoms with Gasteiger partial charge in [0.1, 0.15) is 12.1 Å². The van der Waals surface area contributed by atoms with Crippen molar-refractivity contribution in [2.24, 2.45) is 5.92 Å². The number of fused-ring (bicyclic) bond motifs is 2. The van der Waals surface area contributed by atoms with Crippen LogP contribution in [0.25, 0.3) is 4.85 Å². The van der Waals surface area contributed by atoms with Crippen LogP contribution in [0.15, 0.2) is 48.7 Å². The predicted molar refractivity (Wildman–Crippen MR) is 207 cm³/mol. The summed E-state index contributed by atoms with van der Waals surface area (Å²) in [5, 5.41) is 5.88. The van der Waals surface area contributed by atoms with Crippen LogP contribution in [0.1, 0.15) is 106 Å². The highest BCUT2D eigenvalue weighted by molar-refractivity contribution is 6.33.